The van der Waals surface area contributed by atoms with Gasteiger partial charge in [0.1, 0.15) is 6.04 Å². The van der Waals surface area contributed by atoms with Gasteiger partial charge in [0.15, 0.2) is 0 Å². The van der Waals surface area contributed by atoms with E-state index < -0.39 is 12.0 Å². The smallest absolute Gasteiger partial charge is 0.320 e. The average molecular weight is 255 g/mol. The molecule has 1 atom stereocenters. The standard InChI is InChI=1S/C11H17N3O4/c1-7-10(17)12-2-3-14(7)11(18)13-5-8(6-13)4-9(15)16/h7-8H,2-6H2,1H3,(H,12,17)(H,15,16). The van der Waals surface area contributed by atoms with Crippen molar-refractivity contribution in [2.24, 2.45) is 5.92 Å². The fraction of sp³-hybridized carbons (Fsp3) is 0.727. The number of hydrogen-bond donors (Lipinski definition) is 2. The van der Waals surface area contributed by atoms with Gasteiger partial charge in [-0.2, -0.15) is 0 Å². The van der Waals surface area contributed by atoms with Crippen LogP contribution < -0.4 is 5.32 Å². The van der Waals surface area contributed by atoms with Crippen LogP contribution in [-0.4, -0.2) is 65.0 Å². The van der Waals surface area contributed by atoms with Crippen LogP contribution in [0.3, 0.4) is 0 Å². The Morgan fingerprint density at radius 1 is 1.44 bits per heavy atom. The predicted octanol–water partition coefficient (Wildman–Crippen LogP) is -0.667. The maximum absolute atomic E-state index is 12.1. The van der Waals surface area contributed by atoms with E-state index >= 15 is 0 Å². The van der Waals surface area contributed by atoms with E-state index in [1.165, 1.54) is 4.90 Å². The van der Waals surface area contributed by atoms with Gasteiger partial charge >= 0.3 is 12.0 Å². The molecule has 0 radical (unpaired) electrons. The first-order chi connectivity index (χ1) is 8.49. The fourth-order valence-corrected chi connectivity index (χ4v) is 2.33. The van der Waals surface area contributed by atoms with Crippen LogP contribution in [0.1, 0.15) is 13.3 Å². The zero-order valence-corrected chi connectivity index (χ0v) is 10.3. The zero-order valence-electron chi connectivity index (χ0n) is 10.3. The minimum Gasteiger partial charge on any atom is -0.481 e. The van der Waals surface area contributed by atoms with Crippen LogP contribution in [0.4, 0.5) is 4.79 Å². The quantitative estimate of drug-likeness (QED) is 0.685. The Morgan fingerprint density at radius 3 is 2.72 bits per heavy atom. The molecule has 0 aromatic rings. The zero-order chi connectivity index (χ0) is 13.3. The first kappa shape index (κ1) is 12.7. The van der Waals surface area contributed by atoms with Crippen molar-refractivity contribution in [2.75, 3.05) is 26.2 Å². The number of likely N-dealkylation sites (tertiary alicyclic amines) is 1. The topological polar surface area (TPSA) is 90.0 Å². The lowest BCUT2D eigenvalue weighted by Gasteiger charge is -2.43. The molecular weight excluding hydrogens is 238 g/mol. The number of nitrogens with one attached hydrogen (secondary N) is 1. The van der Waals surface area contributed by atoms with E-state index in [2.05, 4.69) is 5.32 Å². The Labute approximate surface area is 105 Å². The molecule has 2 aliphatic rings. The molecule has 7 heteroatoms. The molecule has 0 aliphatic carbocycles. The van der Waals surface area contributed by atoms with Crippen molar-refractivity contribution >= 4 is 17.9 Å². The molecule has 2 aliphatic heterocycles. The van der Waals surface area contributed by atoms with Crippen molar-refractivity contribution in [1.82, 2.24) is 15.1 Å². The molecule has 18 heavy (non-hydrogen) atoms. The summed E-state index contributed by atoms with van der Waals surface area (Å²) >= 11 is 0. The second-order valence-corrected chi connectivity index (χ2v) is 4.81. The maximum Gasteiger partial charge on any atom is 0.320 e. The number of urea groups is 1. The van der Waals surface area contributed by atoms with Crippen LogP contribution in [0.15, 0.2) is 0 Å². The number of amides is 3. The van der Waals surface area contributed by atoms with E-state index in [1.807, 2.05) is 0 Å². The molecule has 0 saturated carbocycles. The van der Waals surface area contributed by atoms with Gasteiger partial charge in [0, 0.05) is 32.1 Å². The first-order valence-corrected chi connectivity index (χ1v) is 6.04. The third kappa shape index (κ3) is 2.39. The van der Waals surface area contributed by atoms with E-state index in [9.17, 15) is 14.4 Å². The van der Waals surface area contributed by atoms with Crippen LogP contribution in [0.25, 0.3) is 0 Å². The Morgan fingerprint density at radius 2 is 2.11 bits per heavy atom. The lowest BCUT2D eigenvalue weighted by Crippen LogP contribution is -2.62. The summed E-state index contributed by atoms with van der Waals surface area (Å²) in [6.45, 7) is 3.61. The summed E-state index contributed by atoms with van der Waals surface area (Å²) in [6.07, 6.45) is 0.0970. The van der Waals surface area contributed by atoms with Crippen molar-refractivity contribution < 1.29 is 19.5 Å². The first-order valence-electron chi connectivity index (χ1n) is 6.04. The number of rotatable bonds is 2. The maximum atomic E-state index is 12.1. The van der Waals surface area contributed by atoms with Crippen LogP contribution in [-0.2, 0) is 9.59 Å². The van der Waals surface area contributed by atoms with Crippen LogP contribution in [0.2, 0.25) is 0 Å². The van der Waals surface area contributed by atoms with Crippen LogP contribution >= 0.6 is 0 Å². The number of carbonyl (C=O) groups is 3. The van der Waals surface area contributed by atoms with Crippen LogP contribution in [0, 0.1) is 5.92 Å². The number of nitrogens with zero attached hydrogens (tertiary/aromatic N) is 2. The molecule has 1 unspecified atom stereocenters. The molecular formula is C11H17N3O4. The summed E-state index contributed by atoms with van der Waals surface area (Å²) in [7, 11) is 0. The van der Waals surface area contributed by atoms with Gasteiger partial charge in [-0.05, 0) is 6.92 Å². The minimum atomic E-state index is -0.835. The average Bonchev–Trinajstić information content (AvgIpc) is 2.25. The molecule has 0 bridgehead atoms. The van der Waals surface area contributed by atoms with Crippen molar-refractivity contribution in [2.45, 2.75) is 19.4 Å². The highest BCUT2D eigenvalue weighted by Gasteiger charge is 2.38. The fourth-order valence-electron chi connectivity index (χ4n) is 2.33. The van der Waals surface area contributed by atoms with Crippen molar-refractivity contribution in [1.29, 1.82) is 0 Å². The summed E-state index contributed by atoms with van der Waals surface area (Å²) in [5, 5.41) is 11.3. The molecule has 0 aromatic carbocycles. The molecule has 2 heterocycles. The Balaban J connectivity index is 1.86. The van der Waals surface area contributed by atoms with Crippen molar-refractivity contribution in [3.63, 3.8) is 0 Å². The van der Waals surface area contributed by atoms with Gasteiger partial charge in [-0.1, -0.05) is 0 Å². The van der Waals surface area contributed by atoms with Gasteiger partial charge in [-0.15, -0.1) is 0 Å². The highest BCUT2D eigenvalue weighted by atomic mass is 16.4. The van der Waals surface area contributed by atoms with Crippen molar-refractivity contribution in [3.8, 4) is 0 Å². The number of aliphatic carboxylic acids is 1. The predicted molar refractivity (Wildman–Crippen MR) is 61.9 cm³/mol. The minimum absolute atomic E-state index is 0.0420. The van der Waals surface area contributed by atoms with Gasteiger partial charge in [0.2, 0.25) is 5.91 Å². The number of carboxylic acids is 1. The Bertz CT molecular complexity index is 378. The van der Waals surface area contributed by atoms with Gasteiger partial charge in [0.05, 0.1) is 6.42 Å². The van der Waals surface area contributed by atoms with E-state index in [4.69, 9.17) is 5.11 Å². The number of piperazine rings is 1. The summed E-state index contributed by atoms with van der Waals surface area (Å²) < 4.78 is 0. The molecule has 2 rings (SSSR count). The Kier molecular flexibility index (Phi) is 3.40. The summed E-state index contributed by atoms with van der Waals surface area (Å²) in [6, 6.07) is -0.622. The third-order valence-corrected chi connectivity index (χ3v) is 3.44. The third-order valence-electron chi connectivity index (χ3n) is 3.44. The molecule has 0 spiro atoms. The van der Waals surface area contributed by atoms with E-state index in [0.717, 1.165) is 0 Å². The van der Waals surface area contributed by atoms with Gasteiger partial charge < -0.3 is 20.2 Å². The van der Waals surface area contributed by atoms with Gasteiger partial charge in [-0.3, -0.25) is 9.59 Å². The van der Waals surface area contributed by atoms with Crippen LogP contribution in [0.5, 0.6) is 0 Å². The Hall–Kier alpha value is -1.79. The summed E-state index contributed by atoms with van der Waals surface area (Å²) in [5.74, 6) is -0.935. The number of carbonyl (C=O) groups excluding carboxylic acids is 2. The molecule has 0 aromatic heterocycles. The largest absolute Gasteiger partial charge is 0.481 e. The molecule has 100 valence electrons. The second-order valence-electron chi connectivity index (χ2n) is 4.81. The molecule has 2 fully saturated rings. The highest BCUT2D eigenvalue weighted by molar-refractivity contribution is 5.88. The van der Waals surface area contributed by atoms with E-state index in [0.29, 0.717) is 26.2 Å². The lowest BCUT2D eigenvalue weighted by atomic mass is 9.97. The summed E-state index contributed by atoms with van der Waals surface area (Å²) in [4.78, 5) is 37.2. The summed E-state index contributed by atoms with van der Waals surface area (Å²) in [5.41, 5.74) is 0. The second kappa shape index (κ2) is 4.83. The SMILES string of the molecule is CC1C(=O)NCCN1C(=O)N1CC(CC(=O)O)C1. The number of hydrogen-bond acceptors (Lipinski definition) is 3. The van der Waals surface area contributed by atoms with E-state index in [1.54, 1.807) is 11.8 Å². The molecule has 2 N–H and O–H groups in total. The number of carboxylic acid groups (broad SMARTS) is 1. The van der Waals surface area contributed by atoms with E-state index in [-0.39, 0.29) is 24.3 Å². The molecule has 3 amide bonds. The monoisotopic (exact) mass is 255 g/mol. The molecule has 7 nitrogen and oxygen atoms in total. The van der Waals surface area contributed by atoms with Crippen molar-refractivity contribution in [3.05, 3.63) is 0 Å². The molecule has 2 saturated heterocycles. The normalized spacial score (nSPS) is 24.5. The van der Waals surface area contributed by atoms with Gasteiger partial charge in [-0.25, -0.2) is 4.79 Å². The lowest BCUT2D eigenvalue weighted by molar-refractivity contribution is -0.139. The van der Waals surface area contributed by atoms with Gasteiger partial charge in [0.25, 0.3) is 0 Å². The highest BCUT2D eigenvalue weighted by Crippen LogP contribution is 2.21.